The van der Waals surface area contributed by atoms with Crippen molar-refractivity contribution in [2.75, 3.05) is 12.8 Å². The molecule has 3 nitrogen and oxygen atoms in total. The molecule has 0 spiro atoms. The van der Waals surface area contributed by atoms with Crippen molar-refractivity contribution in [1.82, 2.24) is 4.98 Å². The molecule has 0 unspecified atom stereocenters. The molecule has 0 bridgehead atoms. The molecule has 0 aromatic carbocycles. The number of hydrogen-bond donors (Lipinski definition) is 1. The van der Waals surface area contributed by atoms with Gasteiger partial charge >= 0.3 is 0 Å². The SMILES string of the molecule is COC1=CCCC=C1c1ncccc1N. The summed E-state index contributed by atoms with van der Waals surface area (Å²) < 4.78 is 5.31. The van der Waals surface area contributed by atoms with E-state index in [0.717, 1.165) is 29.9 Å². The summed E-state index contributed by atoms with van der Waals surface area (Å²) in [5.74, 6) is 0.867. The summed E-state index contributed by atoms with van der Waals surface area (Å²) in [7, 11) is 1.67. The fourth-order valence-corrected chi connectivity index (χ4v) is 1.70. The van der Waals surface area contributed by atoms with Gasteiger partial charge in [-0.1, -0.05) is 6.08 Å². The highest BCUT2D eigenvalue weighted by Gasteiger charge is 2.14. The summed E-state index contributed by atoms with van der Waals surface area (Å²) in [6, 6.07) is 3.68. The van der Waals surface area contributed by atoms with Crippen LogP contribution in [-0.4, -0.2) is 12.1 Å². The number of methoxy groups -OCH3 is 1. The van der Waals surface area contributed by atoms with E-state index >= 15 is 0 Å². The number of nitrogen functional groups attached to an aromatic ring is 1. The Morgan fingerprint density at radius 1 is 1.33 bits per heavy atom. The van der Waals surface area contributed by atoms with E-state index in [9.17, 15) is 0 Å². The monoisotopic (exact) mass is 202 g/mol. The van der Waals surface area contributed by atoms with Crippen molar-refractivity contribution < 1.29 is 4.74 Å². The summed E-state index contributed by atoms with van der Waals surface area (Å²) in [5.41, 5.74) is 8.38. The van der Waals surface area contributed by atoms with Crippen LogP contribution in [-0.2, 0) is 4.74 Å². The molecule has 1 aromatic rings. The van der Waals surface area contributed by atoms with Crippen LogP contribution in [0, 0.1) is 0 Å². The molecule has 1 heterocycles. The summed E-state index contributed by atoms with van der Waals surface area (Å²) in [6.07, 6.45) is 7.97. The van der Waals surface area contributed by atoms with Gasteiger partial charge in [-0.3, -0.25) is 4.98 Å². The Labute approximate surface area is 89.3 Å². The zero-order chi connectivity index (χ0) is 10.7. The number of anilines is 1. The van der Waals surface area contributed by atoms with Gasteiger partial charge in [-0.15, -0.1) is 0 Å². The van der Waals surface area contributed by atoms with Gasteiger partial charge in [-0.05, 0) is 31.1 Å². The van der Waals surface area contributed by atoms with E-state index in [-0.39, 0.29) is 0 Å². The summed E-state index contributed by atoms with van der Waals surface area (Å²) in [6.45, 7) is 0. The number of ether oxygens (including phenoxy) is 1. The first kappa shape index (κ1) is 9.77. The molecule has 0 amide bonds. The first-order valence-corrected chi connectivity index (χ1v) is 4.98. The van der Waals surface area contributed by atoms with Crippen LogP contribution in [0.2, 0.25) is 0 Å². The lowest BCUT2D eigenvalue weighted by Gasteiger charge is -2.15. The van der Waals surface area contributed by atoms with E-state index in [1.807, 2.05) is 12.1 Å². The van der Waals surface area contributed by atoms with Crippen LogP contribution in [0.3, 0.4) is 0 Å². The van der Waals surface area contributed by atoms with E-state index in [1.54, 1.807) is 13.3 Å². The number of hydrogen-bond acceptors (Lipinski definition) is 3. The van der Waals surface area contributed by atoms with Gasteiger partial charge in [0, 0.05) is 11.8 Å². The average molecular weight is 202 g/mol. The maximum atomic E-state index is 5.88. The third-order valence-corrected chi connectivity index (χ3v) is 2.42. The summed E-state index contributed by atoms with van der Waals surface area (Å²) in [5, 5.41) is 0. The van der Waals surface area contributed by atoms with Crippen molar-refractivity contribution >= 4 is 11.3 Å². The number of rotatable bonds is 2. The Hall–Kier alpha value is -1.77. The van der Waals surface area contributed by atoms with Crippen LogP contribution in [0.15, 0.2) is 36.2 Å². The van der Waals surface area contributed by atoms with Crippen LogP contribution >= 0.6 is 0 Å². The van der Waals surface area contributed by atoms with Gasteiger partial charge in [0.1, 0.15) is 5.76 Å². The van der Waals surface area contributed by atoms with Crippen LogP contribution in [0.1, 0.15) is 18.5 Å². The Morgan fingerprint density at radius 2 is 2.13 bits per heavy atom. The second kappa shape index (κ2) is 4.17. The van der Waals surface area contributed by atoms with Gasteiger partial charge in [-0.25, -0.2) is 0 Å². The molecular weight excluding hydrogens is 188 g/mol. The fourth-order valence-electron chi connectivity index (χ4n) is 1.70. The van der Waals surface area contributed by atoms with Crippen LogP contribution < -0.4 is 5.73 Å². The highest BCUT2D eigenvalue weighted by molar-refractivity contribution is 5.81. The van der Waals surface area contributed by atoms with Gasteiger partial charge in [0.2, 0.25) is 0 Å². The molecule has 0 aliphatic heterocycles. The van der Waals surface area contributed by atoms with Crippen molar-refractivity contribution in [2.45, 2.75) is 12.8 Å². The normalized spacial score (nSPS) is 15.5. The van der Waals surface area contributed by atoms with E-state index in [4.69, 9.17) is 10.5 Å². The number of nitrogens with zero attached hydrogens (tertiary/aromatic N) is 1. The minimum atomic E-state index is 0.689. The maximum absolute atomic E-state index is 5.88. The molecule has 0 saturated carbocycles. The molecule has 0 radical (unpaired) electrons. The van der Waals surface area contributed by atoms with Crippen LogP contribution in [0.5, 0.6) is 0 Å². The second-order valence-electron chi connectivity index (χ2n) is 3.41. The first-order chi connectivity index (χ1) is 7.33. The Kier molecular flexibility index (Phi) is 2.72. The number of pyridine rings is 1. The molecule has 78 valence electrons. The number of allylic oxidation sites excluding steroid dienone is 3. The fraction of sp³-hybridized carbons (Fsp3) is 0.250. The zero-order valence-corrected chi connectivity index (χ0v) is 8.73. The lowest BCUT2D eigenvalue weighted by Crippen LogP contribution is -2.02. The van der Waals surface area contributed by atoms with Gasteiger partial charge in [-0.2, -0.15) is 0 Å². The molecule has 1 aliphatic carbocycles. The van der Waals surface area contributed by atoms with Gasteiger partial charge < -0.3 is 10.5 Å². The molecule has 1 aromatic heterocycles. The van der Waals surface area contributed by atoms with Crippen LogP contribution in [0.4, 0.5) is 5.69 Å². The van der Waals surface area contributed by atoms with E-state index in [2.05, 4.69) is 17.1 Å². The highest BCUT2D eigenvalue weighted by atomic mass is 16.5. The molecule has 2 N–H and O–H groups in total. The van der Waals surface area contributed by atoms with Crippen molar-refractivity contribution in [2.24, 2.45) is 0 Å². The zero-order valence-electron chi connectivity index (χ0n) is 8.73. The quantitative estimate of drug-likeness (QED) is 0.800. The molecule has 3 heteroatoms. The Bertz CT molecular complexity index is 421. The van der Waals surface area contributed by atoms with Crippen molar-refractivity contribution in [3.8, 4) is 0 Å². The molecule has 2 rings (SSSR count). The van der Waals surface area contributed by atoms with Crippen molar-refractivity contribution in [3.63, 3.8) is 0 Å². The standard InChI is InChI=1S/C12H14N2O/c1-15-11-7-3-2-5-9(11)12-10(13)6-4-8-14-12/h4-8H,2-3,13H2,1H3. The van der Waals surface area contributed by atoms with E-state index in [0.29, 0.717) is 5.69 Å². The Morgan fingerprint density at radius 3 is 2.87 bits per heavy atom. The first-order valence-electron chi connectivity index (χ1n) is 4.98. The second-order valence-corrected chi connectivity index (χ2v) is 3.41. The third kappa shape index (κ3) is 1.86. The summed E-state index contributed by atoms with van der Waals surface area (Å²) in [4.78, 5) is 4.29. The summed E-state index contributed by atoms with van der Waals surface area (Å²) >= 11 is 0. The minimum absolute atomic E-state index is 0.689. The molecule has 1 aliphatic rings. The highest BCUT2D eigenvalue weighted by Crippen LogP contribution is 2.30. The lowest BCUT2D eigenvalue weighted by atomic mass is 10.0. The van der Waals surface area contributed by atoms with Gasteiger partial charge in [0.15, 0.2) is 0 Å². The molecule has 0 fully saturated rings. The van der Waals surface area contributed by atoms with Gasteiger partial charge in [0.25, 0.3) is 0 Å². The molecular formula is C12H14N2O. The topological polar surface area (TPSA) is 48.1 Å². The van der Waals surface area contributed by atoms with Crippen LogP contribution in [0.25, 0.3) is 5.57 Å². The number of aromatic nitrogens is 1. The minimum Gasteiger partial charge on any atom is -0.496 e. The Balaban J connectivity index is 2.43. The molecule has 0 saturated heterocycles. The van der Waals surface area contributed by atoms with Crippen molar-refractivity contribution in [1.29, 1.82) is 0 Å². The van der Waals surface area contributed by atoms with Gasteiger partial charge in [0.05, 0.1) is 18.5 Å². The van der Waals surface area contributed by atoms with Crippen molar-refractivity contribution in [3.05, 3.63) is 41.9 Å². The lowest BCUT2D eigenvalue weighted by molar-refractivity contribution is 0.308. The average Bonchev–Trinajstić information content (AvgIpc) is 2.30. The van der Waals surface area contributed by atoms with E-state index in [1.165, 1.54) is 0 Å². The predicted molar refractivity (Wildman–Crippen MR) is 61.0 cm³/mol. The number of nitrogens with two attached hydrogens (primary N) is 1. The van der Waals surface area contributed by atoms with E-state index < -0.39 is 0 Å². The molecule has 15 heavy (non-hydrogen) atoms. The largest absolute Gasteiger partial charge is 0.496 e. The maximum Gasteiger partial charge on any atom is 0.124 e. The smallest absolute Gasteiger partial charge is 0.124 e. The molecule has 0 atom stereocenters. The third-order valence-electron chi connectivity index (χ3n) is 2.42. The predicted octanol–water partition coefficient (Wildman–Crippen LogP) is 2.37.